The quantitative estimate of drug-likeness (QED) is 0.407. The molecule has 0 saturated heterocycles. The standard InChI is InChI=1S/C14H29N3/c1-2-3-4-8-11-16-14(15)17-12-13-9-6-5-7-10-13/h13H,2-12H2,1H3,(H3,15,16,17). The highest BCUT2D eigenvalue weighted by molar-refractivity contribution is 5.77. The van der Waals surface area contributed by atoms with E-state index in [0.717, 1.165) is 19.0 Å². The van der Waals surface area contributed by atoms with Crippen LogP contribution in [0, 0.1) is 5.92 Å². The molecule has 1 aliphatic carbocycles. The lowest BCUT2D eigenvalue weighted by atomic mass is 9.89. The fourth-order valence-electron chi connectivity index (χ4n) is 2.42. The van der Waals surface area contributed by atoms with Crippen molar-refractivity contribution >= 4 is 5.96 Å². The van der Waals surface area contributed by atoms with Gasteiger partial charge in [-0.1, -0.05) is 45.4 Å². The van der Waals surface area contributed by atoms with Gasteiger partial charge in [0.2, 0.25) is 0 Å². The van der Waals surface area contributed by atoms with E-state index in [-0.39, 0.29) is 0 Å². The highest BCUT2D eigenvalue weighted by atomic mass is 15.1. The number of nitrogens with zero attached hydrogens (tertiary/aromatic N) is 1. The molecule has 17 heavy (non-hydrogen) atoms. The molecule has 1 aliphatic rings. The Morgan fingerprint density at radius 3 is 2.65 bits per heavy atom. The van der Waals surface area contributed by atoms with Crippen molar-refractivity contribution in [2.75, 3.05) is 13.1 Å². The molecule has 1 fully saturated rings. The molecular formula is C14H29N3. The first-order chi connectivity index (χ1) is 8.33. The Bertz CT molecular complexity index is 208. The Morgan fingerprint density at radius 1 is 1.18 bits per heavy atom. The van der Waals surface area contributed by atoms with E-state index in [1.807, 2.05) is 0 Å². The van der Waals surface area contributed by atoms with Gasteiger partial charge in [-0.3, -0.25) is 4.99 Å². The molecule has 0 spiro atoms. The molecule has 3 nitrogen and oxygen atoms in total. The van der Waals surface area contributed by atoms with Crippen molar-refractivity contribution in [3.8, 4) is 0 Å². The Labute approximate surface area is 106 Å². The Balaban J connectivity index is 2.03. The maximum atomic E-state index is 5.84. The van der Waals surface area contributed by atoms with E-state index < -0.39 is 0 Å². The fourth-order valence-corrected chi connectivity index (χ4v) is 2.42. The van der Waals surface area contributed by atoms with Crippen LogP contribution in [0.15, 0.2) is 4.99 Å². The van der Waals surface area contributed by atoms with Crippen LogP contribution in [-0.4, -0.2) is 19.0 Å². The van der Waals surface area contributed by atoms with Gasteiger partial charge in [-0.25, -0.2) is 0 Å². The lowest BCUT2D eigenvalue weighted by Crippen LogP contribution is -2.33. The molecule has 0 aromatic rings. The minimum Gasteiger partial charge on any atom is -0.370 e. The zero-order valence-electron chi connectivity index (χ0n) is 11.4. The van der Waals surface area contributed by atoms with E-state index in [2.05, 4.69) is 17.2 Å². The minimum atomic E-state index is 0.645. The number of aliphatic imine (C=N–C) groups is 1. The largest absolute Gasteiger partial charge is 0.370 e. The predicted molar refractivity (Wildman–Crippen MR) is 75.2 cm³/mol. The van der Waals surface area contributed by atoms with Crippen LogP contribution in [-0.2, 0) is 0 Å². The average Bonchev–Trinajstić information content (AvgIpc) is 2.37. The Morgan fingerprint density at radius 2 is 1.94 bits per heavy atom. The summed E-state index contributed by atoms with van der Waals surface area (Å²) in [6, 6.07) is 0. The number of unbranched alkanes of at least 4 members (excludes halogenated alkanes) is 3. The number of rotatable bonds is 7. The van der Waals surface area contributed by atoms with Crippen molar-refractivity contribution in [2.24, 2.45) is 16.6 Å². The summed E-state index contributed by atoms with van der Waals surface area (Å²) in [6.07, 6.45) is 11.9. The maximum Gasteiger partial charge on any atom is 0.188 e. The molecule has 0 aromatic carbocycles. The molecule has 0 aromatic heterocycles. The summed E-state index contributed by atoms with van der Waals surface area (Å²) < 4.78 is 0. The van der Waals surface area contributed by atoms with E-state index in [1.165, 1.54) is 57.8 Å². The number of nitrogens with two attached hydrogens (primary N) is 1. The first-order valence-corrected chi connectivity index (χ1v) is 7.36. The van der Waals surface area contributed by atoms with Crippen LogP contribution in [0.1, 0.15) is 64.7 Å². The smallest absolute Gasteiger partial charge is 0.188 e. The van der Waals surface area contributed by atoms with E-state index >= 15 is 0 Å². The molecule has 0 unspecified atom stereocenters. The molecule has 0 atom stereocenters. The van der Waals surface area contributed by atoms with Crippen LogP contribution in [0.2, 0.25) is 0 Å². The maximum absolute atomic E-state index is 5.84. The van der Waals surface area contributed by atoms with E-state index in [1.54, 1.807) is 0 Å². The number of hydrogen-bond acceptors (Lipinski definition) is 1. The number of nitrogens with one attached hydrogen (secondary N) is 1. The highest BCUT2D eigenvalue weighted by Crippen LogP contribution is 2.23. The molecule has 3 heteroatoms. The van der Waals surface area contributed by atoms with Crippen LogP contribution in [0.3, 0.4) is 0 Å². The highest BCUT2D eigenvalue weighted by Gasteiger charge is 2.12. The van der Waals surface area contributed by atoms with E-state index in [9.17, 15) is 0 Å². The summed E-state index contributed by atoms with van der Waals surface area (Å²) in [4.78, 5) is 4.45. The summed E-state index contributed by atoms with van der Waals surface area (Å²) in [5.41, 5.74) is 5.84. The summed E-state index contributed by atoms with van der Waals surface area (Å²) in [7, 11) is 0. The van der Waals surface area contributed by atoms with Crippen molar-refractivity contribution in [3.63, 3.8) is 0 Å². The second-order valence-corrected chi connectivity index (χ2v) is 5.22. The van der Waals surface area contributed by atoms with Gasteiger partial charge in [-0.2, -0.15) is 0 Å². The van der Waals surface area contributed by atoms with Crippen LogP contribution >= 0.6 is 0 Å². The molecule has 100 valence electrons. The van der Waals surface area contributed by atoms with Crippen molar-refractivity contribution in [3.05, 3.63) is 0 Å². The molecule has 0 radical (unpaired) electrons. The molecule has 0 heterocycles. The second kappa shape index (κ2) is 9.32. The molecule has 0 amide bonds. The van der Waals surface area contributed by atoms with E-state index in [0.29, 0.717) is 5.96 Å². The van der Waals surface area contributed by atoms with Gasteiger partial charge in [0.1, 0.15) is 0 Å². The van der Waals surface area contributed by atoms with Gasteiger partial charge in [0.05, 0.1) is 0 Å². The SMILES string of the molecule is CCCCCCNC(N)=NCC1CCCCC1. The third-order valence-corrected chi connectivity index (χ3v) is 3.58. The van der Waals surface area contributed by atoms with E-state index in [4.69, 9.17) is 5.73 Å². The summed E-state index contributed by atoms with van der Waals surface area (Å²) >= 11 is 0. The first-order valence-electron chi connectivity index (χ1n) is 7.36. The zero-order chi connectivity index (χ0) is 12.3. The lowest BCUT2D eigenvalue weighted by Gasteiger charge is -2.19. The average molecular weight is 239 g/mol. The van der Waals surface area contributed by atoms with Gasteiger partial charge in [-0.05, 0) is 25.2 Å². The molecule has 0 aliphatic heterocycles. The molecule has 1 saturated carbocycles. The normalized spacial score (nSPS) is 18.3. The summed E-state index contributed by atoms with van der Waals surface area (Å²) in [5.74, 6) is 1.43. The third-order valence-electron chi connectivity index (χ3n) is 3.58. The van der Waals surface area contributed by atoms with Gasteiger partial charge in [-0.15, -0.1) is 0 Å². The summed E-state index contributed by atoms with van der Waals surface area (Å²) in [5, 5.41) is 3.21. The van der Waals surface area contributed by atoms with Gasteiger partial charge >= 0.3 is 0 Å². The molecule has 0 bridgehead atoms. The van der Waals surface area contributed by atoms with Crippen LogP contribution in [0.5, 0.6) is 0 Å². The van der Waals surface area contributed by atoms with Gasteiger partial charge in [0.15, 0.2) is 5.96 Å². The van der Waals surface area contributed by atoms with Crippen LogP contribution < -0.4 is 11.1 Å². The van der Waals surface area contributed by atoms with Gasteiger partial charge < -0.3 is 11.1 Å². The van der Waals surface area contributed by atoms with Crippen LogP contribution in [0.4, 0.5) is 0 Å². The third kappa shape index (κ3) is 7.24. The molecule has 3 N–H and O–H groups in total. The minimum absolute atomic E-state index is 0.645. The van der Waals surface area contributed by atoms with Crippen molar-refractivity contribution in [2.45, 2.75) is 64.7 Å². The topological polar surface area (TPSA) is 50.4 Å². The fraction of sp³-hybridized carbons (Fsp3) is 0.929. The van der Waals surface area contributed by atoms with Crippen molar-refractivity contribution < 1.29 is 0 Å². The Kier molecular flexibility index (Phi) is 7.85. The second-order valence-electron chi connectivity index (χ2n) is 5.22. The zero-order valence-corrected chi connectivity index (χ0v) is 11.4. The van der Waals surface area contributed by atoms with Crippen molar-refractivity contribution in [1.82, 2.24) is 5.32 Å². The monoisotopic (exact) mass is 239 g/mol. The molecule has 1 rings (SSSR count). The summed E-state index contributed by atoms with van der Waals surface area (Å²) in [6.45, 7) is 4.13. The van der Waals surface area contributed by atoms with Gasteiger partial charge in [0.25, 0.3) is 0 Å². The number of hydrogen-bond donors (Lipinski definition) is 2. The first kappa shape index (κ1) is 14.3. The predicted octanol–water partition coefficient (Wildman–Crippen LogP) is 3.05. The lowest BCUT2D eigenvalue weighted by molar-refractivity contribution is 0.366. The van der Waals surface area contributed by atoms with Crippen molar-refractivity contribution in [1.29, 1.82) is 0 Å². The van der Waals surface area contributed by atoms with Gasteiger partial charge in [0, 0.05) is 13.1 Å². The van der Waals surface area contributed by atoms with Crippen LogP contribution in [0.25, 0.3) is 0 Å². The molecular weight excluding hydrogens is 210 g/mol. The Hall–Kier alpha value is -0.730. The number of guanidine groups is 1.